The Labute approximate surface area is 173 Å². The summed E-state index contributed by atoms with van der Waals surface area (Å²) < 4.78 is 26.8. The number of nitro groups is 1. The van der Waals surface area contributed by atoms with Crippen LogP contribution in [0.2, 0.25) is 0 Å². The van der Waals surface area contributed by atoms with Crippen molar-refractivity contribution < 1.29 is 18.8 Å². The summed E-state index contributed by atoms with van der Waals surface area (Å²) in [7, 11) is 1.35. The Morgan fingerprint density at radius 1 is 1.28 bits per heavy atom. The first-order chi connectivity index (χ1) is 13.9. The number of ether oxygens (including phenoxy) is 2. The predicted octanol–water partition coefficient (Wildman–Crippen LogP) is 3.90. The first kappa shape index (κ1) is 20.8. The summed E-state index contributed by atoms with van der Waals surface area (Å²) in [6.45, 7) is 2.42. The first-order valence-corrected chi connectivity index (χ1v) is 9.35. The highest BCUT2D eigenvalue weighted by Gasteiger charge is 2.24. The molecule has 152 valence electrons. The minimum atomic E-state index is -0.543. The summed E-state index contributed by atoms with van der Waals surface area (Å²) in [5.41, 5.74) is 0.780. The van der Waals surface area contributed by atoms with Crippen molar-refractivity contribution in [2.45, 2.75) is 26.7 Å². The van der Waals surface area contributed by atoms with Gasteiger partial charge in [0.25, 0.3) is 0 Å². The molecule has 0 amide bonds. The van der Waals surface area contributed by atoms with Crippen LogP contribution >= 0.6 is 15.9 Å². The predicted molar refractivity (Wildman–Crippen MR) is 105 cm³/mol. The molecule has 0 aliphatic carbocycles. The summed E-state index contributed by atoms with van der Waals surface area (Å²) in [6, 6.07) is 4.30. The van der Waals surface area contributed by atoms with Crippen molar-refractivity contribution >= 4 is 21.6 Å². The highest BCUT2D eigenvalue weighted by molar-refractivity contribution is 9.10. The van der Waals surface area contributed by atoms with Crippen molar-refractivity contribution in [2.24, 2.45) is 0 Å². The van der Waals surface area contributed by atoms with Gasteiger partial charge in [0.1, 0.15) is 17.8 Å². The van der Waals surface area contributed by atoms with Gasteiger partial charge in [-0.25, -0.2) is 9.37 Å². The normalized spacial score (nSPS) is 10.9. The molecule has 29 heavy (non-hydrogen) atoms. The third kappa shape index (κ3) is 4.74. The molecule has 1 aromatic carbocycles. The maximum atomic E-state index is 13.9. The molecule has 0 saturated heterocycles. The molecule has 2 aromatic heterocycles. The molecule has 3 aromatic rings. The van der Waals surface area contributed by atoms with Crippen LogP contribution in [0.3, 0.4) is 0 Å². The zero-order chi connectivity index (χ0) is 21.0. The van der Waals surface area contributed by atoms with E-state index in [9.17, 15) is 14.5 Å². The Bertz CT molecular complexity index is 1040. The summed E-state index contributed by atoms with van der Waals surface area (Å²) in [5, 5.41) is 15.8. The van der Waals surface area contributed by atoms with Crippen LogP contribution in [-0.2, 0) is 24.5 Å². The average molecular weight is 466 g/mol. The Kier molecular flexibility index (Phi) is 6.49. The number of hydrogen-bond acceptors (Lipinski definition) is 7. The fraction of sp³-hybridized carbons (Fsp3) is 0.278. The van der Waals surface area contributed by atoms with Gasteiger partial charge in [0.15, 0.2) is 5.82 Å². The Morgan fingerprint density at radius 2 is 2.07 bits per heavy atom. The Morgan fingerprint density at radius 3 is 2.69 bits per heavy atom. The summed E-state index contributed by atoms with van der Waals surface area (Å²) >= 11 is 3.14. The van der Waals surface area contributed by atoms with Crippen LogP contribution in [0, 0.1) is 15.9 Å². The van der Waals surface area contributed by atoms with Gasteiger partial charge in [-0.1, -0.05) is 0 Å². The van der Waals surface area contributed by atoms with Gasteiger partial charge in [-0.3, -0.25) is 19.8 Å². The van der Waals surface area contributed by atoms with E-state index in [4.69, 9.17) is 9.47 Å². The van der Waals surface area contributed by atoms with Crippen molar-refractivity contribution in [3.05, 3.63) is 62.4 Å². The van der Waals surface area contributed by atoms with Gasteiger partial charge in [0.05, 0.1) is 30.8 Å². The molecule has 3 rings (SSSR count). The van der Waals surface area contributed by atoms with Crippen molar-refractivity contribution in [1.29, 1.82) is 0 Å². The van der Waals surface area contributed by atoms with Gasteiger partial charge in [-0.05, 0) is 40.5 Å². The molecule has 2 heterocycles. The quantitative estimate of drug-likeness (QED) is 0.366. The molecule has 0 radical (unpaired) electrons. The van der Waals surface area contributed by atoms with Crippen molar-refractivity contribution in [3.8, 4) is 17.1 Å². The van der Waals surface area contributed by atoms with E-state index in [1.54, 1.807) is 10.7 Å². The number of pyridine rings is 1. The molecule has 0 atom stereocenters. The lowest BCUT2D eigenvalue weighted by molar-refractivity contribution is -0.385. The number of nitro benzene ring substituents is 1. The molecule has 0 unspecified atom stereocenters. The maximum Gasteiger partial charge on any atom is 0.312 e. The van der Waals surface area contributed by atoms with E-state index in [2.05, 4.69) is 31.0 Å². The molecule has 0 fully saturated rings. The van der Waals surface area contributed by atoms with E-state index >= 15 is 0 Å². The number of nitrogens with zero attached hydrogens (tertiary/aromatic N) is 5. The van der Waals surface area contributed by atoms with E-state index in [1.807, 2.05) is 6.92 Å². The van der Waals surface area contributed by atoms with Gasteiger partial charge < -0.3 is 9.47 Å². The highest BCUT2D eigenvalue weighted by Crippen LogP contribution is 2.38. The molecule has 0 aliphatic rings. The number of aromatic nitrogens is 4. The van der Waals surface area contributed by atoms with E-state index in [1.165, 1.54) is 31.8 Å². The van der Waals surface area contributed by atoms with Gasteiger partial charge in [0.2, 0.25) is 5.75 Å². The van der Waals surface area contributed by atoms with Crippen LogP contribution in [0.5, 0.6) is 5.75 Å². The molecule has 0 spiro atoms. The molecule has 0 bridgehead atoms. The topological polar surface area (TPSA) is 105 Å². The maximum absolute atomic E-state index is 13.9. The highest BCUT2D eigenvalue weighted by atomic mass is 79.9. The van der Waals surface area contributed by atoms with E-state index in [-0.39, 0.29) is 30.3 Å². The molecule has 0 aliphatic heterocycles. The minimum Gasteiger partial charge on any atom is -0.490 e. The standard InChI is InChI=1S/C18H17BrFN5O4/c1-3-24-10-22-18(23-24)13-4-11(5-16(25(26)27)17(13)28-2)8-29-9-15-14(20)6-12(19)7-21-15/h4-7,10H,3,8-9H2,1-2H3. The monoisotopic (exact) mass is 465 g/mol. The lowest BCUT2D eigenvalue weighted by Crippen LogP contribution is -2.03. The average Bonchev–Trinajstić information content (AvgIpc) is 3.18. The summed E-state index contributed by atoms with van der Waals surface area (Å²) in [5.74, 6) is -0.141. The zero-order valence-electron chi connectivity index (χ0n) is 15.6. The Balaban J connectivity index is 1.89. The van der Waals surface area contributed by atoms with Crippen molar-refractivity contribution in [2.75, 3.05) is 7.11 Å². The minimum absolute atomic E-state index is 0.00348. The first-order valence-electron chi connectivity index (χ1n) is 8.55. The zero-order valence-corrected chi connectivity index (χ0v) is 17.2. The molecular weight excluding hydrogens is 449 g/mol. The lowest BCUT2D eigenvalue weighted by Gasteiger charge is -2.10. The Hall–Kier alpha value is -2.92. The molecule has 0 N–H and O–H groups in total. The van der Waals surface area contributed by atoms with E-state index in [0.29, 0.717) is 28.0 Å². The fourth-order valence-electron chi connectivity index (χ4n) is 2.66. The number of hydrogen-bond donors (Lipinski definition) is 0. The second-order valence-electron chi connectivity index (χ2n) is 5.95. The van der Waals surface area contributed by atoms with Crippen LogP contribution in [0.25, 0.3) is 11.4 Å². The van der Waals surface area contributed by atoms with Gasteiger partial charge in [-0.15, -0.1) is 0 Å². The fourth-order valence-corrected chi connectivity index (χ4v) is 2.96. The largest absolute Gasteiger partial charge is 0.490 e. The number of aryl methyl sites for hydroxylation is 1. The van der Waals surface area contributed by atoms with E-state index in [0.717, 1.165) is 0 Å². The smallest absolute Gasteiger partial charge is 0.312 e. The van der Waals surface area contributed by atoms with Crippen LogP contribution in [-0.4, -0.2) is 31.8 Å². The van der Waals surface area contributed by atoms with Crippen molar-refractivity contribution in [3.63, 3.8) is 0 Å². The number of halogens is 2. The third-order valence-electron chi connectivity index (χ3n) is 4.02. The van der Waals surface area contributed by atoms with Crippen LogP contribution in [0.15, 0.2) is 35.2 Å². The number of benzene rings is 1. The van der Waals surface area contributed by atoms with Gasteiger partial charge >= 0.3 is 5.69 Å². The molecule has 0 saturated carbocycles. The SMILES string of the molecule is CCn1cnc(-c2cc(COCc3ncc(Br)cc3F)cc([N+](=O)[O-])c2OC)n1. The summed E-state index contributed by atoms with van der Waals surface area (Å²) in [4.78, 5) is 19.1. The second-order valence-corrected chi connectivity index (χ2v) is 6.87. The van der Waals surface area contributed by atoms with E-state index < -0.39 is 10.7 Å². The number of rotatable bonds is 8. The second kappa shape index (κ2) is 9.05. The third-order valence-corrected chi connectivity index (χ3v) is 4.46. The van der Waals surface area contributed by atoms with Crippen LogP contribution in [0.1, 0.15) is 18.2 Å². The number of methoxy groups -OCH3 is 1. The van der Waals surface area contributed by atoms with Crippen LogP contribution in [0.4, 0.5) is 10.1 Å². The van der Waals surface area contributed by atoms with Gasteiger partial charge in [0, 0.05) is 23.3 Å². The van der Waals surface area contributed by atoms with Crippen LogP contribution < -0.4 is 4.74 Å². The lowest BCUT2D eigenvalue weighted by atomic mass is 10.1. The van der Waals surface area contributed by atoms with Gasteiger partial charge in [-0.2, -0.15) is 5.10 Å². The molecular formula is C18H17BrFN5O4. The molecule has 9 nitrogen and oxygen atoms in total. The summed E-state index contributed by atoms with van der Waals surface area (Å²) in [6.07, 6.45) is 3.00. The molecule has 11 heteroatoms. The van der Waals surface area contributed by atoms with Crippen molar-refractivity contribution in [1.82, 2.24) is 19.7 Å².